The van der Waals surface area contributed by atoms with Gasteiger partial charge >= 0.3 is 0 Å². The summed E-state index contributed by atoms with van der Waals surface area (Å²) in [6.45, 7) is 13.9. The van der Waals surface area contributed by atoms with Crippen LogP contribution < -0.4 is 21.3 Å². The molecule has 0 spiro atoms. The lowest BCUT2D eigenvalue weighted by Crippen LogP contribution is -2.31. The maximum Gasteiger partial charge on any atom is 0.256 e. The van der Waals surface area contributed by atoms with E-state index in [0.717, 1.165) is 28.3 Å². The Labute approximate surface area is 214 Å². The molecule has 0 saturated carbocycles. The Bertz CT molecular complexity index is 1340. The number of carbonyl (C=O) groups is 2. The Morgan fingerprint density at radius 1 is 1.06 bits per heavy atom. The average Bonchev–Trinajstić information content (AvgIpc) is 3.00. The summed E-state index contributed by atoms with van der Waals surface area (Å²) in [5, 5.41) is 12.3. The summed E-state index contributed by atoms with van der Waals surface area (Å²) in [4.78, 5) is 38.6. The standard InChI is InChI=1S/C27H33N7O2.2H2/c1-15(2)30-23(35)18-14-29-25(32-16-8-9-19-20(12-16)33-24(36)27(19,6)7)34-22(18)31-17-10-11-28-21(13-17)26(3,4)5;;/h8-15H,1-7H3,(H,30,35)(H,33,36)(H2,28,29,31,32,34);2*1H. The van der Waals surface area contributed by atoms with E-state index in [9.17, 15) is 9.59 Å². The topological polar surface area (TPSA) is 121 Å². The monoisotopic (exact) mass is 491 g/mol. The number of rotatable bonds is 6. The molecule has 0 bridgehead atoms. The van der Waals surface area contributed by atoms with Gasteiger partial charge in [-0.15, -0.1) is 0 Å². The van der Waals surface area contributed by atoms with Crippen LogP contribution in [0.2, 0.25) is 0 Å². The smallest absolute Gasteiger partial charge is 0.256 e. The molecular weight excluding hydrogens is 454 g/mol. The van der Waals surface area contributed by atoms with Gasteiger partial charge in [-0.3, -0.25) is 14.6 Å². The number of pyridine rings is 1. The Morgan fingerprint density at radius 3 is 2.47 bits per heavy atom. The van der Waals surface area contributed by atoms with Crippen LogP contribution in [-0.4, -0.2) is 32.8 Å². The molecule has 4 rings (SSSR count). The number of anilines is 5. The Hall–Kier alpha value is -4.01. The Kier molecular flexibility index (Phi) is 6.43. The first kappa shape index (κ1) is 25.1. The summed E-state index contributed by atoms with van der Waals surface area (Å²) in [5.74, 6) is 0.371. The van der Waals surface area contributed by atoms with Crippen LogP contribution in [0.5, 0.6) is 0 Å². The molecule has 0 fully saturated rings. The third kappa shape index (κ3) is 5.15. The van der Waals surface area contributed by atoms with Crippen molar-refractivity contribution in [2.24, 2.45) is 0 Å². The van der Waals surface area contributed by atoms with Gasteiger partial charge < -0.3 is 21.3 Å². The fourth-order valence-corrected chi connectivity index (χ4v) is 3.90. The van der Waals surface area contributed by atoms with E-state index in [2.05, 4.69) is 57.0 Å². The van der Waals surface area contributed by atoms with Crippen LogP contribution in [0.4, 0.5) is 28.8 Å². The zero-order chi connectivity index (χ0) is 26.3. The summed E-state index contributed by atoms with van der Waals surface area (Å²) in [6.07, 6.45) is 3.23. The lowest BCUT2D eigenvalue weighted by molar-refractivity contribution is -0.119. The van der Waals surface area contributed by atoms with Crippen LogP contribution in [-0.2, 0) is 15.6 Å². The summed E-state index contributed by atoms with van der Waals surface area (Å²) in [5.41, 5.74) is 3.70. The van der Waals surface area contributed by atoms with E-state index in [-0.39, 0.29) is 26.1 Å². The summed E-state index contributed by atoms with van der Waals surface area (Å²) in [6, 6.07) is 9.40. The maximum absolute atomic E-state index is 12.9. The van der Waals surface area contributed by atoms with Gasteiger partial charge in [-0.25, -0.2) is 4.98 Å². The highest BCUT2D eigenvalue weighted by molar-refractivity contribution is 6.06. The van der Waals surface area contributed by atoms with Crippen LogP contribution in [0.1, 0.15) is 72.9 Å². The molecule has 192 valence electrons. The minimum absolute atomic E-state index is 0. The summed E-state index contributed by atoms with van der Waals surface area (Å²) < 4.78 is 0. The maximum atomic E-state index is 12.9. The summed E-state index contributed by atoms with van der Waals surface area (Å²) in [7, 11) is 0. The average molecular weight is 492 g/mol. The van der Waals surface area contributed by atoms with Gasteiger partial charge in [0.05, 0.1) is 5.41 Å². The highest BCUT2D eigenvalue weighted by atomic mass is 16.2. The SMILES string of the molecule is CC(C)NC(=O)c1cnc(Nc2ccc3c(c2)NC(=O)C3(C)C)nc1Nc1ccnc(C(C)(C)C)c1.[HH].[HH]. The molecule has 4 N–H and O–H groups in total. The van der Waals surface area contributed by atoms with Gasteiger partial charge in [-0.05, 0) is 57.5 Å². The quantitative estimate of drug-likeness (QED) is 0.358. The third-order valence-electron chi connectivity index (χ3n) is 6.01. The Morgan fingerprint density at radius 2 is 1.78 bits per heavy atom. The molecule has 2 aromatic heterocycles. The minimum Gasteiger partial charge on any atom is -0.350 e. The van der Waals surface area contributed by atoms with E-state index in [1.807, 2.05) is 58.0 Å². The second-order valence-corrected chi connectivity index (χ2v) is 10.9. The molecule has 9 nitrogen and oxygen atoms in total. The molecule has 0 atom stereocenters. The molecule has 0 radical (unpaired) electrons. The van der Waals surface area contributed by atoms with Crippen LogP contribution >= 0.6 is 0 Å². The normalized spacial score (nSPS) is 14.3. The van der Waals surface area contributed by atoms with E-state index >= 15 is 0 Å². The van der Waals surface area contributed by atoms with E-state index in [1.54, 1.807) is 6.20 Å². The second-order valence-electron chi connectivity index (χ2n) is 10.9. The first-order valence-corrected chi connectivity index (χ1v) is 12.0. The lowest BCUT2D eigenvalue weighted by Gasteiger charge is -2.19. The number of hydrogen-bond donors (Lipinski definition) is 4. The summed E-state index contributed by atoms with van der Waals surface area (Å²) >= 11 is 0. The van der Waals surface area contributed by atoms with Crippen LogP contribution in [0.3, 0.4) is 0 Å². The van der Waals surface area contributed by atoms with Gasteiger partial charge in [0.15, 0.2) is 0 Å². The van der Waals surface area contributed by atoms with Gasteiger partial charge in [0.2, 0.25) is 11.9 Å². The Balaban J connectivity index is 0.00000253. The van der Waals surface area contributed by atoms with Crippen molar-refractivity contribution in [1.29, 1.82) is 0 Å². The highest BCUT2D eigenvalue weighted by Gasteiger charge is 2.38. The van der Waals surface area contributed by atoms with Crippen molar-refractivity contribution in [3.63, 3.8) is 0 Å². The van der Waals surface area contributed by atoms with Crippen molar-refractivity contribution in [3.05, 3.63) is 59.5 Å². The van der Waals surface area contributed by atoms with Gasteiger partial charge in [0.1, 0.15) is 11.4 Å². The van der Waals surface area contributed by atoms with Gasteiger partial charge in [-0.2, -0.15) is 4.98 Å². The zero-order valence-electron chi connectivity index (χ0n) is 21.8. The molecule has 9 heteroatoms. The van der Waals surface area contributed by atoms with Crippen molar-refractivity contribution in [2.45, 2.75) is 65.3 Å². The number of nitrogens with zero attached hydrogens (tertiary/aromatic N) is 3. The highest BCUT2D eigenvalue weighted by Crippen LogP contribution is 2.39. The van der Waals surface area contributed by atoms with Crippen molar-refractivity contribution >= 4 is 40.6 Å². The molecular formula is C27H37N7O2. The molecule has 3 heterocycles. The zero-order valence-corrected chi connectivity index (χ0v) is 21.8. The molecule has 36 heavy (non-hydrogen) atoms. The van der Waals surface area contributed by atoms with Crippen molar-refractivity contribution in [1.82, 2.24) is 20.3 Å². The number of benzene rings is 1. The number of aromatic nitrogens is 3. The molecule has 1 aromatic carbocycles. The third-order valence-corrected chi connectivity index (χ3v) is 6.01. The van der Waals surface area contributed by atoms with Crippen molar-refractivity contribution in [2.75, 3.05) is 16.0 Å². The van der Waals surface area contributed by atoms with Crippen LogP contribution in [0.15, 0.2) is 42.7 Å². The predicted octanol–water partition coefficient (Wildman–Crippen LogP) is 5.52. The molecule has 0 saturated heterocycles. The number of carbonyl (C=O) groups excluding carboxylic acids is 2. The van der Waals surface area contributed by atoms with E-state index < -0.39 is 5.41 Å². The minimum atomic E-state index is -0.580. The number of fused-ring (bicyclic) bond motifs is 1. The van der Waals surface area contributed by atoms with Crippen LogP contribution in [0.25, 0.3) is 0 Å². The first-order valence-electron chi connectivity index (χ1n) is 12.0. The fourth-order valence-electron chi connectivity index (χ4n) is 3.90. The molecule has 0 unspecified atom stereocenters. The predicted molar refractivity (Wildman–Crippen MR) is 146 cm³/mol. The van der Waals surface area contributed by atoms with Gasteiger partial charge in [0, 0.05) is 49.5 Å². The number of hydrogen-bond acceptors (Lipinski definition) is 7. The van der Waals surface area contributed by atoms with Crippen molar-refractivity contribution < 1.29 is 12.4 Å². The number of amides is 2. The fraction of sp³-hybridized carbons (Fsp3) is 0.370. The second kappa shape index (κ2) is 9.22. The molecule has 3 aromatic rings. The number of nitrogens with one attached hydrogen (secondary N) is 4. The van der Waals surface area contributed by atoms with E-state index in [1.165, 1.54) is 6.20 Å². The van der Waals surface area contributed by atoms with E-state index in [4.69, 9.17) is 0 Å². The van der Waals surface area contributed by atoms with Gasteiger partial charge in [0.25, 0.3) is 5.91 Å². The molecule has 1 aliphatic heterocycles. The largest absolute Gasteiger partial charge is 0.350 e. The van der Waals surface area contributed by atoms with Crippen molar-refractivity contribution in [3.8, 4) is 0 Å². The first-order chi connectivity index (χ1) is 16.8. The molecule has 0 aliphatic carbocycles. The lowest BCUT2D eigenvalue weighted by atomic mass is 9.86. The molecule has 2 amide bonds. The van der Waals surface area contributed by atoms with E-state index in [0.29, 0.717) is 17.3 Å². The molecule has 1 aliphatic rings. The van der Waals surface area contributed by atoms with Crippen LogP contribution in [0, 0.1) is 0 Å². The van der Waals surface area contributed by atoms with Gasteiger partial charge in [-0.1, -0.05) is 26.8 Å².